The molecule has 4 rings (SSSR count). The molecule has 35 heavy (non-hydrogen) atoms. The van der Waals surface area contributed by atoms with Gasteiger partial charge in [0.1, 0.15) is 0 Å². The Labute approximate surface area is 208 Å². The summed E-state index contributed by atoms with van der Waals surface area (Å²) >= 11 is 1.84. The number of nitrogens with one attached hydrogen (secondary N) is 2. The fraction of sp³-hybridized carbons (Fsp3) is 0.333. The van der Waals surface area contributed by atoms with E-state index < -0.39 is 0 Å². The van der Waals surface area contributed by atoms with E-state index in [1.807, 2.05) is 18.7 Å². The Kier molecular flexibility index (Phi) is 6.94. The van der Waals surface area contributed by atoms with E-state index in [9.17, 15) is 4.79 Å². The van der Waals surface area contributed by atoms with Crippen molar-refractivity contribution in [2.24, 2.45) is 5.92 Å². The van der Waals surface area contributed by atoms with Gasteiger partial charge in [0, 0.05) is 38.8 Å². The molecule has 0 amide bonds. The Morgan fingerprint density at radius 3 is 2.06 bits per heavy atom. The number of hydrogen-bond acceptors (Lipinski definition) is 2. The number of carbonyl (C=O) groups is 1. The number of Topliss-reactive ketones (excluding diaryl/α,β-unsaturated/α-hetero) is 1. The predicted molar refractivity (Wildman–Crippen MR) is 146 cm³/mol. The molecule has 0 saturated heterocycles. The first kappa shape index (κ1) is 25.8. The van der Waals surface area contributed by atoms with E-state index in [0.717, 1.165) is 33.8 Å². The van der Waals surface area contributed by atoms with Crippen LogP contribution in [0.25, 0.3) is 5.57 Å². The minimum atomic E-state index is -0.0224. The van der Waals surface area contributed by atoms with Crippen molar-refractivity contribution >= 4 is 23.1 Å². The average molecular weight is 724 g/mol. The van der Waals surface area contributed by atoms with Crippen LogP contribution in [0, 0.1) is 39.5 Å². The van der Waals surface area contributed by atoms with E-state index in [-0.39, 0.29) is 11.7 Å². The third-order valence-corrected chi connectivity index (χ3v) is 8.23. The van der Waals surface area contributed by atoms with Crippen LogP contribution in [0.2, 0.25) is 0 Å². The maximum atomic E-state index is 12.5. The normalized spacial score (nSPS) is 18.1. The van der Waals surface area contributed by atoms with Gasteiger partial charge in [-0.3, -0.25) is 4.79 Å². The smallest absolute Gasteiger partial charge is 0.161 e. The van der Waals surface area contributed by atoms with Crippen LogP contribution in [0.4, 0.5) is 0 Å². The summed E-state index contributed by atoms with van der Waals surface area (Å²) in [4.78, 5) is 22.4. The SMILES string of the molecule is C=C(C)c1c(C)[nH]c(C(C2=CC(C)C3=C(C=C[C-](C)C=C3)S2)c2[nH]c(C)c(C(C)=O)c2C)c1C.[Es]. The van der Waals surface area contributed by atoms with Crippen LogP contribution in [0.1, 0.15) is 83.4 Å². The van der Waals surface area contributed by atoms with Crippen molar-refractivity contribution in [1.29, 1.82) is 0 Å². The topological polar surface area (TPSA) is 48.6 Å². The van der Waals surface area contributed by atoms with Gasteiger partial charge in [0.05, 0.1) is 5.92 Å². The fourth-order valence-electron chi connectivity index (χ4n) is 5.51. The number of H-pyrrole nitrogens is 2. The van der Waals surface area contributed by atoms with Gasteiger partial charge in [0.25, 0.3) is 0 Å². The average Bonchev–Trinajstić information content (AvgIpc) is 3.11. The van der Waals surface area contributed by atoms with Crippen molar-refractivity contribution in [3.8, 4) is 0 Å². The molecule has 3 heterocycles. The van der Waals surface area contributed by atoms with E-state index in [0.29, 0.717) is 5.92 Å². The summed E-state index contributed by atoms with van der Waals surface area (Å²) in [6.07, 6.45) is 11.3. The van der Waals surface area contributed by atoms with Crippen LogP contribution in [0.15, 0.2) is 52.3 Å². The van der Waals surface area contributed by atoms with Gasteiger partial charge in [-0.2, -0.15) is 24.1 Å². The number of aromatic amines is 2. The quantitative estimate of drug-likeness (QED) is 0.242. The first-order valence-corrected chi connectivity index (χ1v) is 12.7. The van der Waals surface area contributed by atoms with Crippen molar-refractivity contribution in [1.82, 2.24) is 9.97 Å². The second-order valence-electron chi connectivity index (χ2n) is 9.79. The second kappa shape index (κ2) is 9.42. The maximum absolute atomic E-state index is 12.5. The number of hydrogen-bond donors (Lipinski definition) is 2. The number of allylic oxidation sites excluding steroid dienone is 8. The molecule has 0 fully saturated rings. The maximum Gasteiger partial charge on any atom is 0.161 e. The molecule has 2 aliphatic rings. The molecule has 2 atom stereocenters. The standard InChI is InChI=1S/C30H35N2OS.Es/c1-15(2)26-18(5)29(31-20(26)7)28(30-19(6)27(22(9)33)21(8)32-30)25-14-17(4)23-12-10-16(3)11-13-24(23)34-25;/h10-14,17,28,31-32H,1H2,2-9H3;/q-1;. The first-order valence-electron chi connectivity index (χ1n) is 11.9. The Bertz CT molecular complexity index is 1250. The summed E-state index contributed by atoms with van der Waals surface area (Å²) in [5.41, 5.74) is 11.0. The van der Waals surface area contributed by atoms with Crippen molar-refractivity contribution in [3.63, 3.8) is 0 Å². The molecule has 0 bridgehead atoms. The Morgan fingerprint density at radius 1 is 1.00 bits per heavy atom. The molecule has 5 heteroatoms. The van der Waals surface area contributed by atoms with Crippen molar-refractivity contribution in [3.05, 3.63) is 103 Å². The van der Waals surface area contributed by atoms with Crippen LogP contribution in [0.3, 0.4) is 0 Å². The number of rotatable bonds is 5. The van der Waals surface area contributed by atoms with Crippen molar-refractivity contribution < 1.29 is 4.79 Å². The molecule has 0 saturated carbocycles. The van der Waals surface area contributed by atoms with Crippen LogP contribution in [-0.4, -0.2) is 15.8 Å². The fourth-order valence-corrected chi connectivity index (χ4v) is 6.89. The molecule has 0 aromatic carbocycles. The zero-order valence-corrected chi connectivity index (χ0v) is 25.2. The van der Waals surface area contributed by atoms with Gasteiger partial charge in [-0.15, -0.1) is 17.8 Å². The van der Waals surface area contributed by atoms with Gasteiger partial charge in [-0.1, -0.05) is 37.0 Å². The largest absolute Gasteiger partial charge is 0.361 e. The first-order chi connectivity index (χ1) is 16.0. The summed E-state index contributed by atoms with van der Waals surface area (Å²) in [5, 5.41) is 0. The summed E-state index contributed by atoms with van der Waals surface area (Å²) < 4.78 is 0. The second-order valence-corrected chi connectivity index (χ2v) is 10.9. The summed E-state index contributed by atoms with van der Waals surface area (Å²) in [7, 11) is 0. The third kappa shape index (κ3) is 4.35. The Balaban J connectivity index is 0.00000342. The molecule has 2 aromatic heterocycles. The van der Waals surface area contributed by atoms with E-state index in [1.54, 1.807) is 6.92 Å². The Morgan fingerprint density at radius 2 is 1.54 bits per heavy atom. The number of ketones is 1. The van der Waals surface area contributed by atoms with Gasteiger partial charge in [-0.05, 0) is 64.2 Å². The number of thioether (sulfide) groups is 1. The summed E-state index contributed by atoms with van der Waals surface area (Å²) in [6.45, 7) is 20.7. The molecule has 1 aliphatic carbocycles. The number of aromatic nitrogens is 2. The molecule has 0 spiro atoms. The van der Waals surface area contributed by atoms with Crippen LogP contribution in [0.5, 0.6) is 0 Å². The van der Waals surface area contributed by atoms with Crippen LogP contribution in [-0.2, 0) is 0 Å². The van der Waals surface area contributed by atoms with Gasteiger partial charge < -0.3 is 9.97 Å². The van der Waals surface area contributed by atoms with Gasteiger partial charge in [0.2, 0.25) is 0 Å². The zero-order valence-electron chi connectivity index (χ0n) is 21.9. The molecular weight excluding hydrogens is 688 g/mol. The van der Waals surface area contributed by atoms with Crippen molar-refractivity contribution in [2.75, 3.05) is 0 Å². The van der Waals surface area contributed by atoms with E-state index >= 15 is 0 Å². The van der Waals surface area contributed by atoms with E-state index in [1.165, 1.54) is 38.1 Å². The molecule has 2 aromatic rings. The van der Waals surface area contributed by atoms with E-state index in [4.69, 9.17) is 0 Å². The molecular formula is C30H35EsN2OS-. The molecule has 1 aliphatic heterocycles. The summed E-state index contributed by atoms with van der Waals surface area (Å²) in [6, 6.07) is 0. The van der Waals surface area contributed by atoms with E-state index in [2.05, 4.69) is 88.5 Å². The van der Waals surface area contributed by atoms with Crippen molar-refractivity contribution in [2.45, 2.75) is 61.3 Å². The van der Waals surface area contributed by atoms with Gasteiger partial charge in [-0.25, -0.2) is 0 Å². The van der Waals surface area contributed by atoms with Gasteiger partial charge >= 0.3 is 0 Å². The minimum absolute atomic E-state index is 0. The monoisotopic (exact) mass is 723 g/mol. The third-order valence-electron chi connectivity index (χ3n) is 7.03. The molecule has 189 valence electrons. The zero-order chi connectivity index (χ0) is 24.9. The Hall–Kier alpha value is -3.85. The van der Waals surface area contributed by atoms with Crippen LogP contribution < -0.4 is 0 Å². The minimum Gasteiger partial charge on any atom is -0.361 e. The molecule has 1 radical (unpaired) electrons. The number of aryl methyl sites for hydroxylation is 2. The molecule has 3 nitrogen and oxygen atoms in total. The molecule has 2 unspecified atom stereocenters. The molecule has 2 N–H and O–H groups in total. The van der Waals surface area contributed by atoms with Gasteiger partial charge in [0.15, 0.2) is 5.78 Å². The predicted octanol–water partition coefficient (Wildman–Crippen LogP) is 8.19. The summed E-state index contributed by atoms with van der Waals surface area (Å²) in [5.74, 6) is 1.63. The number of carbonyl (C=O) groups excluding carboxylic acids is 1. The van der Waals surface area contributed by atoms with Crippen LogP contribution >= 0.6 is 11.8 Å².